The predicted molar refractivity (Wildman–Crippen MR) is 35.6 cm³/mol. The minimum Gasteiger partial charge on any atom is -0.481 e. The van der Waals surface area contributed by atoms with Gasteiger partial charge in [-0.1, -0.05) is 6.58 Å². The molecule has 0 aliphatic carbocycles. The molecule has 0 spiro atoms. The van der Waals surface area contributed by atoms with Crippen molar-refractivity contribution in [2.24, 2.45) is 0 Å². The molecule has 0 saturated heterocycles. The maximum absolute atomic E-state index is 10.5. The molecule has 0 radical (unpaired) electrons. The number of ketones is 1. The van der Waals surface area contributed by atoms with Crippen LogP contribution < -0.4 is 0 Å². The van der Waals surface area contributed by atoms with E-state index in [0.717, 1.165) is 6.08 Å². The van der Waals surface area contributed by atoms with Gasteiger partial charge in [0.2, 0.25) is 0 Å². The number of carboxylic acid groups (broad SMARTS) is 1. The molecule has 0 fully saturated rings. The lowest BCUT2D eigenvalue weighted by molar-refractivity contribution is -0.138. The van der Waals surface area contributed by atoms with Crippen LogP contribution in [0.25, 0.3) is 0 Å². The molecule has 3 heteroatoms. The summed E-state index contributed by atoms with van der Waals surface area (Å²) in [5.74, 6) is -1.22. The number of carbonyl (C=O) groups excluding carboxylic acids is 1. The van der Waals surface area contributed by atoms with E-state index in [-0.39, 0.29) is 18.6 Å². The highest BCUT2D eigenvalue weighted by Crippen LogP contribution is 1.90. The van der Waals surface area contributed by atoms with Gasteiger partial charge in [0.1, 0.15) is 0 Å². The molecule has 0 aromatic rings. The van der Waals surface area contributed by atoms with Gasteiger partial charge in [-0.15, -0.1) is 5.73 Å². The Labute approximate surface area is 58.7 Å². The fourth-order valence-corrected chi connectivity index (χ4v) is 0.416. The Kier molecular flexibility index (Phi) is 3.92. The first-order valence-electron chi connectivity index (χ1n) is 2.77. The fourth-order valence-electron chi connectivity index (χ4n) is 0.416. The molecule has 10 heavy (non-hydrogen) atoms. The zero-order valence-corrected chi connectivity index (χ0v) is 5.46. The molecule has 1 N–H and O–H groups in total. The zero-order chi connectivity index (χ0) is 7.98. The van der Waals surface area contributed by atoms with Gasteiger partial charge in [0, 0.05) is 12.5 Å². The highest BCUT2D eigenvalue weighted by molar-refractivity contribution is 5.91. The standard InChI is InChI=1S/C7H8O3/c1-2-3-6(8)4-5-7(9)10/h3H,1,4-5H2,(H,9,10). The van der Waals surface area contributed by atoms with Crippen LogP contribution in [0.15, 0.2) is 18.4 Å². The molecule has 3 nitrogen and oxygen atoms in total. The van der Waals surface area contributed by atoms with Crippen molar-refractivity contribution < 1.29 is 14.7 Å². The second-order valence-corrected chi connectivity index (χ2v) is 1.71. The number of carboxylic acids is 1. The Balaban J connectivity index is 3.60. The first-order chi connectivity index (χ1) is 4.66. The quantitative estimate of drug-likeness (QED) is 0.463. The molecular formula is C7H8O3. The summed E-state index contributed by atoms with van der Waals surface area (Å²) in [5, 5.41) is 8.13. The van der Waals surface area contributed by atoms with E-state index in [1.54, 1.807) is 0 Å². The third-order valence-corrected chi connectivity index (χ3v) is 0.848. The smallest absolute Gasteiger partial charge is 0.303 e. The SMILES string of the molecule is C=C=CC(=O)CCC(=O)O. The molecule has 0 saturated carbocycles. The second kappa shape index (κ2) is 4.53. The highest BCUT2D eigenvalue weighted by Gasteiger charge is 2.00. The van der Waals surface area contributed by atoms with Gasteiger partial charge >= 0.3 is 5.97 Å². The van der Waals surface area contributed by atoms with Gasteiger partial charge in [0.05, 0.1) is 6.42 Å². The van der Waals surface area contributed by atoms with Crippen LogP contribution in [0.3, 0.4) is 0 Å². The maximum atomic E-state index is 10.5. The van der Waals surface area contributed by atoms with E-state index in [0.29, 0.717) is 0 Å². The van der Waals surface area contributed by atoms with Crippen molar-refractivity contribution in [3.8, 4) is 0 Å². The van der Waals surface area contributed by atoms with E-state index in [1.807, 2.05) is 0 Å². The topological polar surface area (TPSA) is 54.4 Å². The molecule has 0 bridgehead atoms. The van der Waals surface area contributed by atoms with Gasteiger partial charge in [-0.25, -0.2) is 0 Å². The number of carbonyl (C=O) groups is 2. The molecular weight excluding hydrogens is 132 g/mol. The first-order valence-corrected chi connectivity index (χ1v) is 2.77. The van der Waals surface area contributed by atoms with E-state index < -0.39 is 5.97 Å². The van der Waals surface area contributed by atoms with Crippen LogP contribution in [-0.4, -0.2) is 16.9 Å². The summed E-state index contributed by atoms with van der Waals surface area (Å²) in [6, 6.07) is 0. The minimum absolute atomic E-state index is 0.0256. The Bertz CT molecular complexity index is 187. The normalized spacial score (nSPS) is 8.00. The Morgan fingerprint density at radius 1 is 1.50 bits per heavy atom. The lowest BCUT2D eigenvalue weighted by Gasteiger charge is -1.87. The molecule has 0 aromatic carbocycles. The molecule has 0 aliphatic heterocycles. The van der Waals surface area contributed by atoms with Crippen molar-refractivity contribution >= 4 is 11.8 Å². The van der Waals surface area contributed by atoms with E-state index in [4.69, 9.17) is 5.11 Å². The average molecular weight is 140 g/mol. The highest BCUT2D eigenvalue weighted by atomic mass is 16.4. The van der Waals surface area contributed by atoms with Gasteiger partial charge in [-0.2, -0.15) is 0 Å². The molecule has 0 rings (SSSR count). The van der Waals surface area contributed by atoms with E-state index in [9.17, 15) is 9.59 Å². The zero-order valence-electron chi connectivity index (χ0n) is 5.46. The molecule has 0 unspecified atom stereocenters. The second-order valence-electron chi connectivity index (χ2n) is 1.71. The summed E-state index contributed by atoms with van der Waals surface area (Å²) in [5.41, 5.74) is 2.27. The summed E-state index contributed by atoms with van der Waals surface area (Å²) >= 11 is 0. The third kappa shape index (κ3) is 4.81. The van der Waals surface area contributed by atoms with Gasteiger partial charge in [0.15, 0.2) is 5.78 Å². The van der Waals surface area contributed by atoms with E-state index in [2.05, 4.69) is 12.3 Å². The minimum atomic E-state index is -0.967. The summed E-state index contributed by atoms with van der Waals surface area (Å²) in [6.45, 7) is 3.18. The summed E-state index contributed by atoms with van der Waals surface area (Å²) in [7, 11) is 0. The number of hydrogen-bond donors (Lipinski definition) is 1. The summed E-state index contributed by atoms with van der Waals surface area (Å²) in [6.07, 6.45) is 1.04. The molecule has 54 valence electrons. The van der Waals surface area contributed by atoms with Crippen LogP contribution >= 0.6 is 0 Å². The van der Waals surface area contributed by atoms with Gasteiger partial charge in [-0.3, -0.25) is 9.59 Å². The first kappa shape index (κ1) is 8.66. The average Bonchev–Trinajstić information content (AvgIpc) is 1.85. The van der Waals surface area contributed by atoms with Crippen molar-refractivity contribution in [2.45, 2.75) is 12.8 Å². The Hall–Kier alpha value is -1.34. The van der Waals surface area contributed by atoms with Crippen molar-refractivity contribution in [1.82, 2.24) is 0 Å². The number of rotatable bonds is 4. The molecule has 0 atom stereocenters. The van der Waals surface area contributed by atoms with Gasteiger partial charge in [-0.05, 0) is 0 Å². The number of hydrogen-bond acceptors (Lipinski definition) is 2. The van der Waals surface area contributed by atoms with Gasteiger partial charge < -0.3 is 5.11 Å². The molecule has 0 aliphatic rings. The van der Waals surface area contributed by atoms with Crippen LogP contribution in [0, 0.1) is 0 Å². The van der Waals surface area contributed by atoms with Gasteiger partial charge in [0.25, 0.3) is 0 Å². The van der Waals surface area contributed by atoms with E-state index >= 15 is 0 Å². The molecule has 0 amide bonds. The summed E-state index contributed by atoms with van der Waals surface area (Å²) < 4.78 is 0. The molecule has 0 heterocycles. The van der Waals surface area contributed by atoms with Crippen molar-refractivity contribution in [3.05, 3.63) is 18.4 Å². The third-order valence-electron chi connectivity index (χ3n) is 0.848. The summed E-state index contributed by atoms with van der Waals surface area (Å²) in [4.78, 5) is 20.4. The lowest BCUT2D eigenvalue weighted by atomic mass is 10.2. The monoisotopic (exact) mass is 140 g/mol. The van der Waals surface area contributed by atoms with Crippen LogP contribution in [-0.2, 0) is 9.59 Å². The van der Waals surface area contributed by atoms with Crippen molar-refractivity contribution in [1.29, 1.82) is 0 Å². The number of allylic oxidation sites excluding steroid dienone is 1. The van der Waals surface area contributed by atoms with Crippen LogP contribution in [0.2, 0.25) is 0 Å². The van der Waals surface area contributed by atoms with Crippen LogP contribution in [0.4, 0.5) is 0 Å². The van der Waals surface area contributed by atoms with E-state index in [1.165, 1.54) is 0 Å². The fraction of sp³-hybridized carbons (Fsp3) is 0.286. The van der Waals surface area contributed by atoms with Crippen LogP contribution in [0.1, 0.15) is 12.8 Å². The Morgan fingerprint density at radius 3 is 2.50 bits per heavy atom. The predicted octanol–water partition coefficient (Wildman–Crippen LogP) is 0.761. The molecule has 0 aromatic heterocycles. The Morgan fingerprint density at radius 2 is 2.10 bits per heavy atom. The van der Waals surface area contributed by atoms with Crippen molar-refractivity contribution in [3.63, 3.8) is 0 Å². The lowest BCUT2D eigenvalue weighted by Crippen LogP contribution is -1.99. The number of aliphatic carboxylic acids is 1. The maximum Gasteiger partial charge on any atom is 0.303 e. The van der Waals surface area contributed by atoms with Crippen LogP contribution in [0.5, 0.6) is 0 Å². The largest absolute Gasteiger partial charge is 0.481 e. The van der Waals surface area contributed by atoms with Crippen molar-refractivity contribution in [2.75, 3.05) is 0 Å².